The fourth-order valence-corrected chi connectivity index (χ4v) is 6.11. The van der Waals surface area contributed by atoms with E-state index in [0.29, 0.717) is 6.04 Å². The number of thiophene rings is 1. The van der Waals surface area contributed by atoms with Gasteiger partial charge in [-0.2, -0.15) is 0 Å². The van der Waals surface area contributed by atoms with Crippen molar-refractivity contribution in [2.45, 2.75) is 50.8 Å². The highest BCUT2D eigenvalue weighted by atomic mass is 127. The SMILES string of the molecule is CC1CN(C(CNC(=NCC(=O)N(C)C)NC2CC3CCC2C3)c2cccs2)CCO1.I. The van der Waals surface area contributed by atoms with Crippen LogP contribution < -0.4 is 10.6 Å². The van der Waals surface area contributed by atoms with Gasteiger partial charge in [-0.25, -0.2) is 4.99 Å². The summed E-state index contributed by atoms with van der Waals surface area (Å²) in [5, 5.41) is 9.42. The van der Waals surface area contributed by atoms with Crippen LogP contribution in [0.5, 0.6) is 0 Å². The lowest BCUT2D eigenvalue weighted by atomic mass is 9.95. The van der Waals surface area contributed by atoms with Gasteiger partial charge in [0.05, 0.1) is 18.8 Å². The van der Waals surface area contributed by atoms with Crippen molar-refractivity contribution in [3.63, 3.8) is 0 Å². The van der Waals surface area contributed by atoms with Gasteiger partial charge in [0.15, 0.2) is 5.96 Å². The smallest absolute Gasteiger partial charge is 0.243 e. The van der Waals surface area contributed by atoms with E-state index in [1.54, 1.807) is 30.3 Å². The van der Waals surface area contributed by atoms with E-state index < -0.39 is 0 Å². The van der Waals surface area contributed by atoms with Crippen LogP contribution in [0.15, 0.2) is 22.5 Å². The Morgan fingerprint density at radius 2 is 2.22 bits per heavy atom. The lowest BCUT2D eigenvalue weighted by Crippen LogP contribution is -2.50. The Balaban J connectivity index is 0.00000289. The Morgan fingerprint density at radius 1 is 1.38 bits per heavy atom. The van der Waals surface area contributed by atoms with Gasteiger partial charge in [-0.3, -0.25) is 9.69 Å². The van der Waals surface area contributed by atoms with Crippen molar-refractivity contribution in [3.05, 3.63) is 22.4 Å². The second kappa shape index (κ2) is 12.0. The summed E-state index contributed by atoms with van der Waals surface area (Å²) in [6, 6.07) is 5.08. The first kappa shape index (κ1) is 25.7. The molecule has 3 fully saturated rings. The van der Waals surface area contributed by atoms with Crippen LogP contribution in [0, 0.1) is 11.8 Å². The van der Waals surface area contributed by atoms with Crippen LogP contribution in [-0.2, 0) is 9.53 Å². The van der Waals surface area contributed by atoms with Gasteiger partial charge >= 0.3 is 0 Å². The number of ether oxygens (including phenoxy) is 1. The number of guanidine groups is 1. The number of fused-ring (bicyclic) bond motifs is 2. The molecule has 1 amide bonds. The topological polar surface area (TPSA) is 69.2 Å². The Bertz CT molecular complexity index is 760. The molecule has 2 N–H and O–H groups in total. The number of amides is 1. The summed E-state index contributed by atoms with van der Waals surface area (Å²) in [5.41, 5.74) is 0. The van der Waals surface area contributed by atoms with Crippen molar-refractivity contribution in [1.29, 1.82) is 0 Å². The number of hydrogen-bond donors (Lipinski definition) is 2. The van der Waals surface area contributed by atoms with Crippen LogP contribution in [0.4, 0.5) is 0 Å². The Labute approximate surface area is 213 Å². The van der Waals surface area contributed by atoms with Crippen molar-refractivity contribution in [1.82, 2.24) is 20.4 Å². The zero-order valence-electron chi connectivity index (χ0n) is 19.5. The van der Waals surface area contributed by atoms with Crippen molar-refractivity contribution in [3.8, 4) is 0 Å². The highest BCUT2D eigenvalue weighted by Gasteiger charge is 2.40. The maximum atomic E-state index is 12.2. The van der Waals surface area contributed by atoms with Crippen LogP contribution in [0.1, 0.15) is 43.5 Å². The summed E-state index contributed by atoms with van der Waals surface area (Å²) >= 11 is 1.80. The average Bonchev–Trinajstić information content (AvgIpc) is 3.50. The molecule has 5 unspecified atom stereocenters. The number of morpholine rings is 1. The summed E-state index contributed by atoms with van der Waals surface area (Å²) < 4.78 is 5.77. The Kier molecular flexibility index (Phi) is 9.63. The minimum atomic E-state index is 0. The number of nitrogens with zero attached hydrogens (tertiary/aromatic N) is 3. The molecule has 1 aromatic rings. The Morgan fingerprint density at radius 3 is 2.84 bits per heavy atom. The molecule has 2 bridgehead atoms. The minimum Gasteiger partial charge on any atom is -0.376 e. The summed E-state index contributed by atoms with van der Waals surface area (Å²) in [6.07, 6.45) is 5.50. The van der Waals surface area contributed by atoms with E-state index in [-0.39, 0.29) is 48.6 Å². The van der Waals surface area contributed by atoms with E-state index in [4.69, 9.17) is 4.74 Å². The van der Waals surface area contributed by atoms with Crippen molar-refractivity contribution < 1.29 is 9.53 Å². The van der Waals surface area contributed by atoms with Crippen LogP contribution >= 0.6 is 35.3 Å². The molecule has 2 saturated carbocycles. The predicted molar refractivity (Wildman–Crippen MR) is 141 cm³/mol. The minimum absolute atomic E-state index is 0. The van der Waals surface area contributed by atoms with E-state index in [1.807, 2.05) is 0 Å². The number of nitrogens with one attached hydrogen (secondary N) is 2. The molecule has 3 aliphatic rings. The van der Waals surface area contributed by atoms with Gasteiger partial charge < -0.3 is 20.3 Å². The second-order valence-corrected chi connectivity index (χ2v) is 10.4. The first-order valence-corrected chi connectivity index (χ1v) is 12.5. The lowest BCUT2D eigenvalue weighted by molar-refractivity contribution is -0.127. The number of carbonyl (C=O) groups excluding carboxylic acids is 1. The molecule has 1 aromatic heterocycles. The lowest BCUT2D eigenvalue weighted by Gasteiger charge is -2.37. The van der Waals surface area contributed by atoms with E-state index in [9.17, 15) is 4.79 Å². The fraction of sp³-hybridized carbons (Fsp3) is 0.739. The molecular weight excluding hydrogens is 537 g/mol. The van der Waals surface area contributed by atoms with Crippen LogP contribution in [0.3, 0.4) is 0 Å². The van der Waals surface area contributed by atoms with Crippen LogP contribution in [0.25, 0.3) is 0 Å². The number of aliphatic imine (C=N–C) groups is 1. The number of halogens is 1. The summed E-state index contributed by atoms with van der Waals surface area (Å²) in [5.74, 6) is 2.40. The number of likely N-dealkylation sites (N-methyl/N-ethyl adjacent to an activating group) is 1. The summed E-state index contributed by atoms with van der Waals surface area (Å²) in [6.45, 7) is 5.69. The molecule has 0 aromatic carbocycles. The highest BCUT2D eigenvalue weighted by molar-refractivity contribution is 14.0. The third-order valence-corrected chi connectivity index (χ3v) is 7.95. The number of carbonyl (C=O) groups is 1. The molecule has 5 atom stereocenters. The second-order valence-electron chi connectivity index (χ2n) is 9.47. The molecule has 2 heterocycles. The Hall–Kier alpha value is -0.910. The van der Waals surface area contributed by atoms with Gasteiger partial charge in [0.1, 0.15) is 6.54 Å². The normalized spacial score (nSPS) is 28.8. The van der Waals surface area contributed by atoms with Crippen LogP contribution in [0.2, 0.25) is 0 Å². The maximum absolute atomic E-state index is 12.2. The molecule has 0 spiro atoms. The molecule has 32 heavy (non-hydrogen) atoms. The summed E-state index contributed by atoms with van der Waals surface area (Å²) in [4.78, 5) is 22.3. The van der Waals surface area contributed by atoms with Gasteiger partial charge in [-0.1, -0.05) is 12.5 Å². The third kappa shape index (κ3) is 6.57. The molecule has 1 saturated heterocycles. The average molecular weight is 576 g/mol. The van der Waals surface area contributed by atoms with Gasteiger partial charge in [-0.05, 0) is 49.5 Å². The molecule has 4 rings (SSSR count). The molecule has 2 aliphatic carbocycles. The molecule has 180 valence electrons. The molecular formula is C23H38IN5O2S. The number of rotatable bonds is 7. The highest BCUT2D eigenvalue weighted by Crippen LogP contribution is 2.44. The molecule has 1 aliphatic heterocycles. The first-order valence-electron chi connectivity index (χ1n) is 11.6. The fourth-order valence-electron chi connectivity index (χ4n) is 5.25. The van der Waals surface area contributed by atoms with Gasteiger partial charge in [-0.15, -0.1) is 35.3 Å². The van der Waals surface area contributed by atoms with Crippen molar-refractivity contribution in [2.75, 3.05) is 46.9 Å². The first-order chi connectivity index (χ1) is 15.0. The predicted octanol–water partition coefficient (Wildman–Crippen LogP) is 2.94. The largest absolute Gasteiger partial charge is 0.376 e. The standard InChI is InChI=1S/C23H37N5O2S.HI/c1-16-15-28(8-9-30-16)20(21-5-4-10-31-21)13-24-23(25-14-22(29)27(2)3)26-19-12-17-6-7-18(19)11-17;/h4-5,10,16-20H,6-9,11-15H2,1-3H3,(H2,24,25,26);1H. The van der Waals surface area contributed by atoms with E-state index in [0.717, 1.165) is 44.0 Å². The van der Waals surface area contributed by atoms with Crippen molar-refractivity contribution in [2.24, 2.45) is 16.8 Å². The van der Waals surface area contributed by atoms with E-state index in [1.165, 1.54) is 30.6 Å². The van der Waals surface area contributed by atoms with Gasteiger partial charge in [0, 0.05) is 44.6 Å². The zero-order valence-corrected chi connectivity index (χ0v) is 22.6. The third-order valence-electron chi connectivity index (χ3n) is 6.98. The molecule has 9 heteroatoms. The van der Waals surface area contributed by atoms with E-state index >= 15 is 0 Å². The molecule has 0 radical (unpaired) electrons. The molecule has 7 nitrogen and oxygen atoms in total. The zero-order chi connectivity index (χ0) is 21.8. The summed E-state index contributed by atoms with van der Waals surface area (Å²) in [7, 11) is 3.56. The number of hydrogen-bond acceptors (Lipinski definition) is 5. The maximum Gasteiger partial charge on any atom is 0.243 e. The van der Waals surface area contributed by atoms with Gasteiger partial charge in [0.25, 0.3) is 0 Å². The monoisotopic (exact) mass is 575 g/mol. The quantitative estimate of drug-likeness (QED) is 0.298. The van der Waals surface area contributed by atoms with E-state index in [2.05, 4.69) is 45.0 Å². The van der Waals surface area contributed by atoms with Crippen LogP contribution in [-0.4, -0.2) is 80.7 Å². The van der Waals surface area contributed by atoms with Gasteiger partial charge in [0.2, 0.25) is 5.91 Å². The van der Waals surface area contributed by atoms with Crippen molar-refractivity contribution >= 4 is 47.2 Å².